The second kappa shape index (κ2) is 8.99. The molecular weight excluding hydrogens is 360 g/mol. The first-order valence-electron chi connectivity index (χ1n) is 9.54. The van der Waals surface area contributed by atoms with Crippen molar-refractivity contribution >= 4 is 11.7 Å². The maximum atomic E-state index is 12.5. The number of nitrogens with one attached hydrogen (secondary N) is 1. The van der Waals surface area contributed by atoms with E-state index in [1.807, 2.05) is 12.1 Å². The van der Waals surface area contributed by atoms with Gasteiger partial charge in [0.05, 0.1) is 26.4 Å². The first-order valence-corrected chi connectivity index (χ1v) is 9.54. The molecule has 2 saturated heterocycles. The van der Waals surface area contributed by atoms with Crippen molar-refractivity contribution in [3.8, 4) is 5.88 Å². The highest BCUT2D eigenvalue weighted by Gasteiger charge is 2.18. The molecule has 2 aromatic rings. The highest BCUT2D eigenvalue weighted by molar-refractivity contribution is 5.94. The number of aromatic nitrogens is 2. The van der Waals surface area contributed by atoms with Crippen molar-refractivity contribution in [2.45, 2.75) is 19.1 Å². The molecule has 28 heavy (non-hydrogen) atoms. The van der Waals surface area contributed by atoms with E-state index in [1.165, 1.54) is 0 Å². The quantitative estimate of drug-likeness (QED) is 0.806. The zero-order chi connectivity index (χ0) is 19.2. The van der Waals surface area contributed by atoms with Gasteiger partial charge >= 0.3 is 0 Å². The Bertz CT molecular complexity index is 787. The summed E-state index contributed by atoms with van der Waals surface area (Å²) < 4.78 is 16.4. The van der Waals surface area contributed by atoms with Crippen molar-refractivity contribution in [2.24, 2.45) is 0 Å². The molecule has 1 unspecified atom stereocenters. The SMILES string of the molecule is O=C(NCc1ccc(N2CCOCC2)nc1)c1ccnc(OC2CCOC2)c1. The third-order valence-electron chi connectivity index (χ3n) is 4.77. The van der Waals surface area contributed by atoms with E-state index in [0.717, 1.165) is 44.1 Å². The van der Waals surface area contributed by atoms with Gasteiger partial charge in [0.1, 0.15) is 11.9 Å². The minimum Gasteiger partial charge on any atom is -0.472 e. The minimum absolute atomic E-state index is 0.00173. The van der Waals surface area contributed by atoms with Crippen molar-refractivity contribution < 1.29 is 19.0 Å². The molecule has 8 heteroatoms. The van der Waals surface area contributed by atoms with Crippen molar-refractivity contribution in [3.05, 3.63) is 47.8 Å². The van der Waals surface area contributed by atoms with Crippen molar-refractivity contribution in [2.75, 3.05) is 44.4 Å². The Kier molecular flexibility index (Phi) is 5.98. The van der Waals surface area contributed by atoms with Crippen LogP contribution in [0.2, 0.25) is 0 Å². The molecule has 4 rings (SSSR count). The van der Waals surface area contributed by atoms with Crippen molar-refractivity contribution in [1.82, 2.24) is 15.3 Å². The Morgan fingerprint density at radius 1 is 1.18 bits per heavy atom. The Hall–Kier alpha value is -2.71. The van der Waals surface area contributed by atoms with Gasteiger partial charge in [0, 0.05) is 50.1 Å². The lowest BCUT2D eigenvalue weighted by Gasteiger charge is -2.27. The molecule has 1 atom stereocenters. The number of pyridine rings is 2. The maximum absolute atomic E-state index is 12.5. The monoisotopic (exact) mass is 384 g/mol. The molecular formula is C20H24N4O4. The van der Waals surface area contributed by atoms with Crippen LogP contribution in [-0.2, 0) is 16.0 Å². The van der Waals surface area contributed by atoms with Crippen LogP contribution in [0.1, 0.15) is 22.3 Å². The molecule has 0 aliphatic carbocycles. The molecule has 4 heterocycles. The Morgan fingerprint density at radius 2 is 2.07 bits per heavy atom. The Morgan fingerprint density at radius 3 is 2.82 bits per heavy atom. The molecule has 148 valence electrons. The van der Waals surface area contributed by atoms with E-state index in [-0.39, 0.29) is 12.0 Å². The molecule has 2 aliphatic rings. The lowest BCUT2D eigenvalue weighted by Crippen LogP contribution is -2.36. The smallest absolute Gasteiger partial charge is 0.251 e. The number of hydrogen-bond donors (Lipinski definition) is 1. The van der Waals surface area contributed by atoms with Crippen LogP contribution in [0.3, 0.4) is 0 Å². The average molecular weight is 384 g/mol. The van der Waals surface area contributed by atoms with E-state index in [1.54, 1.807) is 24.5 Å². The Balaban J connectivity index is 1.31. The van der Waals surface area contributed by atoms with Gasteiger partial charge in [0.15, 0.2) is 0 Å². The maximum Gasteiger partial charge on any atom is 0.251 e. The number of morpholine rings is 1. The zero-order valence-electron chi connectivity index (χ0n) is 15.7. The summed E-state index contributed by atoms with van der Waals surface area (Å²) >= 11 is 0. The molecule has 2 fully saturated rings. The predicted molar refractivity (Wildman–Crippen MR) is 103 cm³/mol. The number of anilines is 1. The third kappa shape index (κ3) is 4.76. The van der Waals surface area contributed by atoms with Gasteiger partial charge in [0.25, 0.3) is 5.91 Å². The highest BCUT2D eigenvalue weighted by Crippen LogP contribution is 2.16. The molecule has 0 radical (unpaired) electrons. The normalized spacial score (nSPS) is 19.4. The molecule has 2 aliphatic heterocycles. The summed E-state index contributed by atoms with van der Waals surface area (Å²) in [5.74, 6) is 1.21. The lowest BCUT2D eigenvalue weighted by atomic mass is 10.2. The third-order valence-corrected chi connectivity index (χ3v) is 4.77. The summed E-state index contributed by atoms with van der Waals surface area (Å²) in [7, 11) is 0. The number of carbonyl (C=O) groups excluding carboxylic acids is 1. The summed E-state index contributed by atoms with van der Waals surface area (Å²) in [6.45, 7) is 4.82. The molecule has 8 nitrogen and oxygen atoms in total. The first-order chi connectivity index (χ1) is 13.8. The number of rotatable bonds is 6. The van der Waals surface area contributed by atoms with Gasteiger partial charge in [-0.25, -0.2) is 9.97 Å². The Labute approximate surface area is 163 Å². The van der Waals surface area contributed by atoms with Gasteiger partial charge in [-0.15, -0.1) is 0 Å². The van der Waals surface area contributed by atoms with E-state index in [9.17, 15) is 4.79 Å². The van der Waals surface area contributed by atoms with E-state index in [0.29, 0.717) is 31.2 Å². The number of hydrogen-bond acceptors (Lipinski definition) is 7. The standard InChI is InChI=1S/C20H24N4O4/c25-20(16-3-5-21-19(11-16)28-17-4-8-27-14-17)23-13-15-1-2-18(22-12-15)24-6-9-26-10-7-24/h1-3,5,11-12,17H,4,6-10,13-14H2,(H,23,25). The molecule has 1 amide bonds. The minimum atomic E-state index is -0.174. The fourth-order valence-corrected chi connectivity index (χ4v) is 3.18. The molecule has 0 spiro atoms. The average Bonchev–Trinajstić information content (AvgIpc) is 3.26. The van der Waals surface area contributed by atoms with Crippen LogP contribution in [0.25, 0.3) is 0 Å². The summed E-state index contributed by atoms with van der Waals surface area (Å²) in [5, 5.41) is 2.91. The van der Waals surface area contributed by atoms with Crippen LogP contribution >= 0.6 is 0 Å². The van der Waals surface area contributed by atoms with Crippen molar-refractivity contribution in [3.63, 3.8) is 0 Å². The number of ether oxygens (including phenoxy) is 3. The summed E-state index contributed by atoms with van der Waals surface area (Å²) in [6.07, 6.45) is 4.22. The second-order valence-corrected chi connectivity index (χ2v) is 6.79. The van der Waals surface area contributed by atoms with Gasteiger partial charge in [-0.2, -0.15) is 0 Å². The van der Waals surface area contributed by atoms with Gasteiger partial charge < -0.3 is 24.4 Å². The largest absolute Gasteiger partial charge is 0.472 e. The van der Waals surface area contributed by atoms with Gasteiger partial charge in [-0.05, 0) is 17.7 Å². The summed E-state index contributed by atoms with van der Waals surface area (Å²) in [4.78, 5) is 23.3. The highest BCUT2D eigenvalue weighted by atomic mass is 16.5. The summed E-state index contributed by atoms with van der Waals surface area (Å²) in [5.41, 5.74) is 1.46. The fourth-order valence-electron chi connectivity index (χ4n) is 3.18. The lowest BCUT2D eigenvalue weighted by molar-refractivity contribution is 0.0949. The van der Waals surface area contributed by atoms with Gasteiger partial charge in [-0.3, -0.25) is 4.79 Å². The van der Waals surface area contributed by atoms with E-state index in [4.69, 9.17) is 14.2 Å². The van der Waals surface area contributed by atoms with Gasteiger partial charge in [0.2, 0.25) is 5.88 Å². The molecule has 0 aromatic carbocycles. The van der Waals surface area contributed by atoms with Gasteiger partial charge in [-0.1, -0.05) is 6.07 Å². The molecule has 0 bridgehead atoms. The molecule has 1 N–H and O–H groups in total. The van der Waals surface area contributed by atoms with Crippen LogP contribution < -0.4 is 15.0 Å². The first kappa shape index (κ1) is 18.6. The zero-order valence-corrected chi connectivity index (χ0v) is 15.7. The van der Waals surface area contributed by atoms with Crippen LogP contribution in [-0.4, -0.2) is 61.5 Å². The topological polar surface area (TPSA) is 85.8 Å². The van der Waals surface area contributed by atoms with E-state index in [2.05, 4.69) is 20.2 Å². The van der Waals surface area contributed by atoms with Crippen molar-refractivity contribution in [1.29, 1.82) is 0 Å². The predicted octanol–water partition coefficient (Wildman–Crippen LogP) is 1.41. The van der Waals surface area contributed by atoms with E-state index < -0.39 is 0 Å². The summed E-state index contributed by atoms with van der Waals surface area (Å²) in [6, 6.07) is 7.30. The molecule has 2 aromatic heterocycles. The van der Waals surface area contributed by atoms with Crippen LogP contribution in [0.5, 0.6) is 5.88 Å². The van der Waals surface area contributed by atoms with E-state index >= 15 is 0 Å². The molecule has 0 saturated carbocycles. The number of carbonyl (C=O) groups is 1. The van der Waals surface area contributed by atoms with Crippen LogP contribution in [0, 0.1) is 0 Å². The fraction of sp³-hybridized carbons (Fsp3) is 0.450. The second-order valence-electron chi connectivity index (χ2n) is 6.79. The number of nitrogens with zero attached hydrogens (tertiary/aromatic N) is 3. The van der Waals surface area contributed by atoms with Crippen LogP contribution in [0.15, 0.2) is 36.7 Å². The van der Waals surface area contributed by atoms with Crippen LogP contribution in [0.4, 0.5) is 5.82 Å². The number of amides is 1.